The van der Waals surface area contributed by atoms with Crippen LogP contribution in [-0.2, 0) is 16.4 Å². The van der Waals surface area contributed by atoms with Crippen LogP contribution in [0.3, 0.4) is 0 Å². The lowest BCUT2D eigenvalue weighted by atomic mass is 10.00. The molecule has 1 unspecified atom stereocenters. The third-order valence-electron chi connectivity index (χ3n) is 4.75. The summed E-state index contributed by atoms with van der Waals surface area (Å²) in [6.45, 7) is 0.274. The normalized spacial score (nSPS) is 16.7. The summed E-state index contributed by atoms with van der Waals surface area (Å²) in [6.07, 6.45) is 5.91. The highest BCUT2D eigenvalue weighted by molar-refractivity contribution is 7.92. The van der Waals surface area contributed by atoms with Gasteiger partial charge in [-0.1, -0.05) is 24.3 Å². The zero-order chi connectivity index (χ0) is 19.0. The summed E-state index contributed by atoms with van der Waals surface area (Å²) < 4.78 is 30.1. The van der Waals surface area contributed by atoms with Crippen LogP contribution >= 0.6 is 0 Å². The van der Waals surface area contributed by atoms with E-state index in [4.69, 9.17) is 5.73 Å². The summed E-state index contributed by atoms with van der Waals surface area (Å²) in [7, 11) is -3.86. The van der Waals surface area contributed by atoms with E-state index in [0.717, 1.165) is 5.56 Å². The first-order chi connectivity index (χ1) is 13.0. The van der Waals surface area contributed by atoms with Crippen molar-refractivity contribution >= 4 is 21.6 Å². The largest absolute Gasteiger partial charge is 0.366 e. The summed E-state index contributed by atoms with van der Waals surface area (Å²) in [5.74, 6) is -0.664. The lowest BCUT2D eigenvalue weighted by molar-refractivity contribution is 0.1000. The summed E-state index contributed by atoms with van der Waals surface area (Å²) >= 11 is 0. The number of rotatable bonds is 4. The highest BCUT2D eigenvalue weighted by Gasteiger charge is 2.34. The molecule has 0 radical (unpaired) electrons. The molecule has 2 heterocycles. The van der Waals surface area contributed by atoms with Gasteiger partial charge in [0.25, 0.3) is 10.0 Å². The first-order valence-electron chi connectivity index (χ1n) is 8.45. The van der Waals surface area contributed by atoms with Gasteiger partial charge in [0, 0.05) is 18.0 Å². The van der Waals surface area contributed by atoms with Crippen molar-refractivity contribution in [2.45, 2.75) is 17.4 Å². The Labute approximate surface area is 157 Å². The Morgan fingerprint density at radius 2 is 1.96 bits per heavy atom. The molecule has 2 N–H and O–H groups in total. The van der Waals surface area contributed by atoms with Gasteiger partial charge in [-0.05, 0) is 36.2 Å². The van der Waals surface area contributed by atoms with Crippen LogP contribution in [-0.4, -0.2) is 30.4 Å². The summed E-state index contributed by atoms with van der Waals surface area (Å²) in [5.41, 5.74) is 7.06. The van der Waals surface area contributed by atoms with Gasteiger partial charge in [0.15, 0.2) is 0 Å². The molecular formula is C19H18N4O3S. The van der Waals surface area contributed by atoms with Gasteiger partial charge in [0.05, 0.1) is 29.5 Å². The molecule has 8 heteroatoms. The fraction of sp³-hybridized carbons (Fsp3) is 0.158. The van der Waals surface area contributed by atoms with Gasteiger partial charge < -0.3 is 10.3 Å². The number of aromatic nitrogens is 2. The molecule has 0 saturated heterocycles. The molecule has 0 fully saturated rings. The number of carbonyl (C=O) groups is 1. The Bertz CT molecular complexity index is 1090. The number of nitrogens with zero attached hydrogens (tertiary/aromatic N) is 3. The molecular weight excluding hydrogens is 364 g/mol. The van der Waals surface area contributed by atoms with E-state index >= 15 is 0 Å². The SMILES string of the molecule is NC(=O)c1cccc(S(=O)(=O)N2CC(n3ccnc3)Cc3ccccc32)c1. The first-order valence-corrected chi connectivity index (χ1v) is 9.89. The number of imidazole rings is 1. The fourth-order valence-corrected chi connectivity index (χ4v) is 4.97. The molecule has 1 aliphatic heterocycles. The van der Waals surface area contributed by atoms with E-state index in [2.05, 4.69) is 4.98 Å². The maximum absolute atomic E-state index is 13.4. The quantitative estimate of drug-likeness (QED) is 0.746. The number of para-hydroxylation sites is 1. The average Bonchev–Trinajstić information content (AvgIpc) is 3.22. The van der Waals surface area contributed by atoms with Crippen molar-refractivity contribution in [2.75, 3.05) is 10.8 Å². The van der Waals surface area contributed by atoms with Crippen molar-refractivity contribution in [3.63, 3.8) is 0 Å². The smallest absolute Gasteiger partial charge is 0.264 e. The predicted octanol–water partition coefficient (Wildman–Crippen LogP) is 1.97. The molecule has 7 nitrogen and oxygen atoms in total. The Hall–Kier alpha value is -3.13. The molecule has 138 valence electrons. The molecule has 0 aliphatic carbocycles. The molecule has 1 atom stereocenters. The zero-order valence-corrected chi connectivity index (χ0v) is 15.2. The third kappa shape index (κ3) is 3.08. The van der Waals surface area contributed by atoms with Gasteiger partial charge in [-0.3, -0.25) is 9.10 Å². The minimum absolute atomic E-state index is 0.0416. The van der Waals surface area contributed by atoms with Crippen LogP contribution in [0.1, 0.15) is 22.0 Å². The van der Waals surface area contributed by atoms with E-state index in [1.165, 1.54) is 28.6 Å². The molecule has 0 bridgehead atoms. The lowest BCUT2D eigenvalue weighted by Crippen LogP contribution is -2.40. The van der Waals surface area contributed by atoms with Crippen molar-refractivity contribution in [3.05, 3.63) is 78.4 Å². The molecule has 0 spiro atoms. The van der Waals surface area contributed by atoms with E-state index in [9.17, 15) is 13.2 Å². The zero-order valence-electron chi connectivity index (χ0n) is 14.4. The Kier molecular flexibility index (Phi) is 4.19. The topological polar surface area (TPSA) is 98.3 Å². The molecule has 1 aromatic heterocycles. The second kappa shape index (κ2) is 6.55. The number of hydrogen-bond donors (Lipinski definition) is 1. The maximum atomic E-state index is 13.4. The average molecular weight is 382 g/mol. The van der Waals surface area contributed by atoms with Crippen LogP contribution in [0.4, 0.5) is 5.69 Å². The Morgan fingerprint density at radius 1 is 1.15 bits per heavy atom. The van der Waals surface area contributed by atoms with E-state index in [-0.39, 0.29) is 23.0 Å². The van der Waals surface area contributed by atoms with Crippen LogP contribution in [0.15, 0.2) is 72.1 Å². The van der Waals surface area contributed by atoms with Crippen molar-refractivity contribution < 1.29 is 13.2 Å². The molecule has 1 aliphatic rings. The predicted molar refractivity (Wildman–Crippen MR) is 101 cm³/mol. The molecule has 1 amide bonds. The molecule has 2 aromatic carbocycles. The van der Waals surface area contributed by atoms with Crippen molar-refractivity contribution in [1.82, 2.24) is 9.55 Å². The van der Waals surface area contributed by atoms with Gasteiger partial charge in [0.2, 0.25) is 5.91 Å². The Balaban J connectivity index is 1.81. The summed E-state index contributed by atoms with van der Waals surface area (Å²) in [5, 5.41) is 0. The molecule has 0 saturated carbocycles. The number of hydrogen-bond acceptors (Lipinski definition) is 4. The standard InChI is InChI=1S/C19H18N4O3S/c20-19(24)15-5-3-6-17(11-15)27(25,26)23-12-16(22-9-8-21-13-22)10-14-4-1-2-7-18(14)23/h1-9,11,13,16H,10,12H2,(H2,20,24). The summed E-state index contributed by atoms with van der Waals surface area (Å²) in [4.78, 5) is 15.6. The van der Waals surface area contributed by atoms with Crippen molar-refractivity contribution in [3.8, 4) is 0 Å². The minimum Gasteiger partial charge on any atom is -0.366 e. The van der Waals surface area contributed by atoms with E-state index in [1.807, 2.05) is 29.0 Å². The van der Waals surface area contributed by atoms with Gasteiger partial charge in [-0.2, -0.15) is 0 Å². The second-order valence-electron chi connectivity index (χ2n) is 6.42. The van der Waals surface area contributed by atoms with E-state index in [0.29, 0.717) is 12.1 Å². The highest BCUT2D eigenvalue weighted by atomic mass is 32.2. The van der Waals surface area contributed by atoms with Gasteiger partial charge in [-0.15, -0.1) is 0 Å². The fourth-order valence-electron chi connectivity index (χ4n) is 3.38. The number of fused-ring (bicyclic) bond motifs is 1. The minimum atomic E-state index is -3.86. The van der Waals surface area contributed by atoms with E-state index < -0.39 is 15.9 Å². The Morgan fingerprint density at radius 3 is 2.70 bits per heavy atom. The monoisotopic (exact) mass is 382 g/mol. The van der Waals surface area contributed by atoms with Gasteiger partial charge in [-0.25, -0.2) is 13.4 Å². The highest BCUT2D eigenvalue weighted by Crippen LogP contribution is 2.35. The molecule has 27 heavy (non-hydrogen) atoms. The number of carbonyl (C=O) groups excluding carboxylic acids is 1. The second-order valence-corrected chi connectivity index (χ2v) is 8.29. The van der Waals surface area contributed by atoms with Crippen LogP contribution < -0.4 is 10.0 Å². The number of nitrogens with two attached hydrogens (primary N) is 1. The molecule has 4 rings (SSSR count). The van der Waals surface area contributed by atoms with Crippen molar-refractivity contribution in [1.29, 1.82) is 0 Å². The van der Waals surface area contributed by atoms with Crippen molar-refractivity contribution in [2.24, 2.45) is 5.73 Å². The number of benzene rings is 2. The van der Waals surface area contributed by atoms with Crippen LogP contribution in [0, 0.1) is 0 Å². The molecule has 3 aromatic rings. The number of amides is 1. The first kappa shape index (κ1) is 17.3. The number of sulfonamides is 1. The van der Waals surface area contributed by atoms with Crippen LogP contribution in [0.2, 0.25) is 0 Å². The number of anilines is 1. The van der Waals surface area contributed by atoms with Crippen LogP contribution in [0.25, 0.3) is 0 Å². The lowest BCUT2D eigenvalue weighted by Gasteiger charge is -2.35. The van der Waals surface area contributed by atoms with E-state index in [1.54, 1.807) is 18.6 Å². The van der Waals surface area contributed by atoms with Crippen LogP contribution in [0.5, 0.6) is 0 Å². The number of primary amides is 1. The van der Waals surface area contributed by atoms with Gasteiger partial charge in [0.1, 0.15) is 0 Å². The maximum Gasteiger partial charge on any atom is 0.264 e. The van der Waals surface area contributed by atoms with Gasteiger partial charge >= 0.3 is 0 Å². The summed E-state index contributed by atoms with van der Waals surface area (Å²) in [6, 6.07) is 13.2. The third-order valence-corrected chi connectivity index (χ3v) is 6.52.